The Morgan fingerprint density at radius 3 is 2.27 bits per heavy atom. The van der Waals surface area contributed by atoms with E-state index in [1.165, 1.54) is 11.5 Å². The van der Waals surface area contributed by atoms with Gasteiger partial charge in [-0.2, -0.15) is 9.36 Å². The molecule has 1 fully saturated rings. The van der Waals surface area contributed by atoms with Gasteiger partial charge in [0.25, 0.3) is 0 Å². The van der Waals surface area contributed by atoms with Gasteiger partial charge >= 0.3 is 0 Å². The zero-order valence-electron chi connectivity index (χ0n) is 17.3. The number of aromatic nitrogens is 2. The summed E-state index contributed by atoms with van der Waals surface area (Å²) in [6, 6.07) is 17.0. The molecule has 8 heteroatoms. The molecule has 2 aromatic carbocycles. The Kier molecular flexibility index (Phi) is 8.74. The number of methoxy groups -OCH3 is 1. The highest BCUT2D eigenvalue weighted by Crippen LogP contribution is 2.21. The van der Waals surface area contributed by atoms with Crippen LogP contribution in [-0.2, 0) is 6.61 Å². The predicted octanol–water partition coefficient (Wildman–Crippen LogP) is 4.61. The molecule has 0 atom stereocenters. The van der Waals surface area contributed by atoms with Crippen LogP contribution >= 0.6 is 23.1 Å². The number of benzene rings is 2. The van der Waals surface area contributed by atoms with Crippen LogP contribution < -0.4 is 14.4 Å². The maximum atomic E-state index is 5.85. The van der Waals surface area contributed by atoms with Crippen molar-refractivity contribution in [1.29, 1.82) is 0 Å². The van der Waals surface area contributed by atoms with Gasteiger partial charge in [0, 0.05) is 42.7 Å². The van der Waals surface area contributed by atoms with Crippen LogP contribution in [0.25, 0.3) is 0 Å². The summed E-state index contributed by atoms with van der Waals surface area (Å²) in [4.78, 5) is 9.33. The highest BCUT2D eigenvalue weighted by molar-refractivity contribution is 7.09. The predicted molar refractivity (Wildman–Crippen MR) is 123 cm³/mol. The summed E-state index contributed by atoms with van der Waals surface area (Å²) in [5, 5.41) is 1.69. The van der Waals surface area contributed by atoms with E-state index in [2.05, 4.69) is 26.1 Å². The van der Waals surface area contributed by atoms with Gasteiger partial charge in [0.2, 0.25) is 5.13 Å². The lowest BCUT2D eigenvalue weighted by molar-refractivity contribution is 0.270. The van der Waals surface area contributed by atoms with Crippen LogP contribution in [0, 0.1) is 0 Å². The minimum absolute atomic E-state index is 0.382. The third kappa shape index (κ3) is 6.86. The number of halogens is 1. The van der Waals surface area contributed by atoms with Crippen molar-refractivity contribution in [2.75, 3.05) is 44.7 Å². The number of likely N-dealkylation sites (N-methyl/N-ethyl adjacent to an activating group) is 1. The highest BCUT2D eigenvalue weighted by Gasteiger charge is 2.19. The van der Waals surface area contributed by atoms with Gasteiger partial charge in [0.1, 0.15) is 18.1 Å². The third-order valence-corrected chi connectivity index (χ3v) is 5.77. The van der Waals surface area contributed by atoms with Crippen LogP contribution in [0.1, 0.15) is 12.7 Å². The molecule has 1 aliphatic rings. The van der Waals surface area contributed by atoms with E-state index in [-0.39, 0.29) is 0 Å². The van der Waals surface area contributed by atoms with E-state index < -0.39 is 0 Å². The summed E-state index contributed by atoms with van der Waals surface area (Å²) in [6.07, 6.45) is 0. The lowest BCUT2D eigenvalue weighted by atomic mass is 10.3. The van der Waals surface area contributed by atoms with Crippen LogP contribution in [0.15, 0.2) is 54.6 Å². The lowest BCUT2D eigenvalue weighted by Crippen LogP contribution is -2.46. The summed E-state index contributed by atoms with van der Waals surface area (Å²) in [5.41, 5.74) is 0. The van der Waals surface area contributed by atoms with Gasteiger partial charge in [0.05, 0.1) is 7.11 Å². The van der Waals surface area contributed by atoms with Crippen molar-refractivity contribution in [3.8, 4) is 11.5 Å². The minimum Gasteiger partial charge on any atom is -0.497 e. The molecular formula is C22H27ClN4O2S. The number of rotatable bonds is 6. The molecule has 160 valence electrons. The molecule has 1 saturated heterocycles. The normalized spacial score (nSPS) is 14.0. The number of nitrogens with zero attached hydrogens (tertiary/aromatic N) is 4. The molecule has 6 nitrogen and oxygen atoms in total. The number of ether oxygens (including phenoxy) is 2. The molecule has 1 aromatic heterocycles. The number of para-hydroxylation sites is 1. The lowest BCUT2D eigenvalue weighted by Gasteiger charge is -2.33. The Bertz CT molecular complexity index is 868. The monoisotopic (exact) mass is 446 g/mol. The van der Waals surface area contributed by atoms with Crippen LogP contribution in [0.4, 0.5) is 5.13 Å². The molecule has 0 N–H and O–H groups in total. The molecule has 3 aromatic rings. The maximum Gasteiger partial charge on any atom is 0.205 e. The second-order valence-corrected chi connectivity index (χ2v) is 7.84. The molecule has 0 radical (unpaired) electrons. The average Bonchev–Trinajstić information content (AvgIpc) is 3.29. The highest BCUT2D eigenvalue weighted by atomic mass is 35.5. The van der Waals surface area contributed by atoms with E-state index >= 15 is 0 Å². The molecule has 0 saturated carbocycles. The SMILES string of the molecule is CCN1CCN(c2nc(COc3ccc(Cl)cc3)ns2)CC1.COc1ccccc1. The number of hydrogen-bond donors (Lipinski definition) is 0. The van der Waals surface area contributed by atoms with E-state index in [9.17, 15) is 0 Å². The first-order valence-corrected chi connectivity index (χ1v) is 11.1. The molecule has 0 unspecified atom stereocenters. The van der Waals surface area contributed by atoms with Crippen LogP contribution in [0.2, 0.25) is 5.02 Å². The third-order valence-electron chi connectivity index (χ3n) is 4.71. The first-order valence-electron chi connectivity index (χ1n) is 9.95. The second-order valence-electron chi connectivity index (χ2n) is 6.67. The fourth-order valence-electron chi connectivity index (χ4n) is 2.92. The van der Waals surface area contributed by atoms with Gasteiger partial charge in [-0.1, -0.05) is 36.7 Å². The molecule has 0 spiro atoms. The second kappa shape index (κ2) is 11.7. The first-order chi connectivity index (χ1) is 14.7. The van der Waals surface area contributed by atoms with Crippen molar-refractivity contribution in [1.82, 2.24) is 14.3 Å². The summed E-state index contributed by atoms with van der Waals surface area (Å²) < 4.78 is 15.0. The maximum absolute atomic E-state index is 5.85. The van der Waals surface area contributed by atoms with Gasteiger partial charge < -0.3 is 19.3 Å². The van der Waals surface area contributed by atoms with E-state index in [1.54, 1.807) is 7.11 Å². The number of anilines is 1. The Labute approximate surface area is 187 Å². The van der Waals surface area contributed by atoms with Crippen molar-refractivity contribution in [2.24, 2.45) is 0 Å². The standard InChI is InChI=1S/C15H19ClN4OS.C7H8O/c1-2-19-7-9-20(10-8-19)15-17-14(18-22-15)11-21-13-5-3-12(16)4-6-13;1-8-7-5-3-2-4-6-7/h3-6H,2,7-11H2,1H3;2-6H,1H3. The smallest absolute Gasteiger partial charge is 0.205 e. The Morgan fingerprint density at radius 1 is 0.967 bits per heavy atom. The average molecular weight is 447 g/mol. The fraction of sp³-hybridized carbons (Fsp3) is 0.364. The molecular weight excluding hydrogens is 420 g/mol. The number of piperazine rings is 1. The van der Waals surface area contributed by atoms with Crippen molar-refractivity contribution in [2.45, 2.75) is 13.5 Å². The van der Waals surface area contributed by atoms with Gasteiger partial charge in [-0.15, -0.1) is 0 Å². The molecule has 2 heterocycles. The van der Waals surface area contributed by atoms with Crippen molar-refractivity contribution < 1.29 is 9.47 Å². The van der Waals surface area contributed by atoms with E-state index in [0.717, 1.165) is 55.2 Å². The van der Waals surface area contributed by atoms with Gasteiger partial charge in [0.15, 0.2) is 5.82 Å². The fourth-order valence-corrected chi connectivity index (χ4v) is 3.77. The molecule has 0 bridgehead atoms. The summed E-state index contributed by atoms with van der Waals surface area (Å²) >= 11 is 7.30. The van der Waals surface area contributed by atoms with Crippen molar-refractivity contribution in [3.63, 3.8) is 0 Å². The van der Waals surface area contributed by atoms with Crippen molar-refractivity contribution in [3.05, 3.63) is 65.4 Å². The van der Waals surface area contributed by atoms with Crippen LogP contribution in [0.5, 0.6) is 11.5 Å². The first kappa shape index (κ1) is 22.3. The van der Waals surface area contributed by atoms with E-state index in [4.69, 9.17) is 21.1 Å². The Balaban J connectivity index is 0.000000269. The summed E-state index contributed by atoms with van der Waals surface area (Å²) in [6.45, 7) is 7.91. The summed E-state index contributed by atoms with van der Waals surface area (Å²) in [7, 11) is 1.66. The largest absolute Gasteiger partial charge is 0.497 e. The van der Waals surface area contributed by atoms with Crippen LogP contribution in [0.3, 0.4) is 0 Å². The molecule has 1 aliphatic heterocycles. The topological polar surface area (TPSA) is 50.7 Å². The van der Waals surface area contributed by atoms with Gasteiger partial charge in [-0.3, -0.25) is 0 Å². The van der Waals surface area contributed by atoms with E-state index in [1.807, 2.05) is 54.6 Å². The van der Waals surface area contributed by atoms with Gasteiger partial charge in [-0.25, -0.2) is 0 Å². The minimum atomic E-state index is 0.382. The number of hydrogen-bond acceptors (Lipinski definition) is 7. The Morgan fingerprint density at radius 2 is 1.67 bits per heavy atom. The molecule has 0 aliphatic carbocycles. The van der Waals surface area contributed by atoms with Crippen LogP contribution in [-0.4, -0.2) is 54.1 Å². The quantitative estimate of drug-likeness (QED) is 0.551. The van der Waals surface area contributed by atoms with Gasteiger partial charge in [-0.05, 0) is 42.9 Å². The molecule has 4 rings (SSSR count). The summed E-state index contributed by atoms with van der Waals surface area (Å²) in [5.74, 6) is 2.41. The Hall–Kier alpha value is -2.35. The zero-order valence-corrected chi connectivity index (χ0v) is 18.9. The van der Waals surface area contributed by atoms with Crippen molar-refractivity contribution >= 4 is 28.3 Å². The van der Waals surface area contributed by atoms with E-state index in [0.29, 0.717) is 11.6 Å². The molecule has 30 heavy (non-hydrogen) atoms. The zero-order chi connectivity index (χ0) is 21.2. The molecule has 0 amide bonds.